The average molecular weight is 442 g/mol. The molecular weight excluding hydrogens is 420 g/mol. The highest BCUT2D eigenvalue weighted by molar-refractivity contribution is 7.92. The number of aromatic nitrogens is 2. The maximum Gasteiger partial charge on any atom is 0.382 e. The van der Waals surface area contributed by atoms with Crippen molar-refractivity contribution in [3.63, 3.8) is 0 Å². The molecule has 1 saturated carbocycles. The predicted octanol–water partition coefficient (Wildman–Crippen LogP) is 1.79. The zero-order chi connectivity index (χ0) is 21.2. The molecule has 1 aliphatic carbocycles. The monoisotopic (exact) mass is 441 g/mol. The van der Waals surface area contributed by atoms with Crippen LogP contribution in [0.25, 0.3) is 0 Å². The number of carbonyl (C=O) groups is 1. The second-order valence-electron chi connectivity index (χ2n) is 6.82. The summed E-state index contributed by atoms with van der Waals surface area (Å²) in [6.07, 6.45) is 3.49. The fraction of sp³-hybridized carbons (Fsp3) is 0.389. The summed E-state index contributed by atoms with van der Waals surface area (Å²) in [5, 5.41) is 0.537. The Balaban J connectivity index is 1.93. The molecule has 29 heavy (non-hydrogen) atoms. The van der Waals surface area contributed by atoms with E-state index in [1.165, 1.54) is 31.2 Å². The molecule has 0 amide bonds. The first-order chi connectivity index (χ1) is 13.6. The number of sulfone groups is 2. The lowest BCUT2D eigenvalue weighted by Crippen LogP contribution is -2.35. The lowest BCUT2D eigenvalue weighted by atomic mass is 10.0. The van der Waals surface area contributed by atoms with E-state index in [-0.39, 0.29) is 15.2 Å². The Morgan fingerprint density at radius 2 is 1.62 bits per heavy atom. The van der Waals surface area contributed by atoms with Crippen LogP contribution in [0.2, 0.25) is 0 Å². The van der Waals surface area contributed by atoms with Gasteiger partial charge in [-0.25, -0.2) is 16.8 Å². The van der Waals surface area contributed by atoms with Crippen molar-refractivity contribution in [1.82, 2.24) is 5.10 Å². The first-order valence-electron chi connectivity index (χ1n) is 9.06. The van der Waals surface area contributed by atoms with Gasteiger partial charge in [-0.05, 0) is 43.2 Å². The lowest BCUT2D eigenvalue weighted by molar-refractivity contribution is -0.610. The highest BCUT2D eigenvalue weighted by Gasteiger charge is 2.37. The third kappa shape index (κ3) is 4.40. The molecule has 0 bridgehead atoms. The molecule has 1 aromatic heterocycles. The minimum absolute atomic E-state index is 0.00987. The Kier molecular flexibility index (Phi) is 5.90. The number of benzene rings is 1. The fourth-order valence-corrected chi connectivity index (χ4v) is 6.32. The zero-order valence-corrected chi connectivity index (χ0v) is 17.3. The molecule has 0 saturated heterocycles. The van der Waals surface area contributed by atoms with Crippen LogP contribution in [-0.2, 0) is 24.5 Å². The second-order valence-corrected chi connectivity index (χ2v) is 10.9. The summed E-state index contributed by atoms with van der Waals surface area (Å²) >= 11 is 0. The van der Waals surface area contributed by atoms with E-state index in [2.05, 4.69) is 5.10 Å². The molecule has 9 nitrogen and oxygen atoms in total. The summed E-state index contributed by atoms with van der Waals surface area (Å²) in [4.78, 5) is 23.1. The van der Waals surface area contributed by atoms with Gasteiger partial charge in [0.2, 0.25) is 19.7 Å². The number of aromatic amines is 1. The molecule has 156 valence electrons. The Morgan fingerprint density at radius 3 is 2.17 bits per heavy atom. The van der Waals surface area contributed by atoms with Crippen LogP contribution in [0.3, 0.4) is 0 Å². The number of hydrogen-bond donors (Lipinski definition) is 1. The van der Waals surface area contributed by atoms with Crippen LogP contribution in [0.1, 0.15) is 39.0 Å². The number of H-pyrrole nitrogens is 1. The van der Waals surface area contributed by atoms with E-state index >= 15 is 0 Å². The summed E-state index contributed by atoms with van der Waals surface area (Å²) in [7, 11) is -7.97. The third-order valence-electron chi connectivity index (χ3n) is 4.76. The third-order valence-corrected chi connectivity index (χ3v) is 8.69. The van der Waals surface area contributed by atoms with Gasteiger partial charge in [-0.3, -0.25) is 4.79 Å². The Morgan fingerprint density at radius 1 is 1.00 bits per heavy atom. The molecule has 0 spiro atoms. The van der Waals surface area contributed by atoms with Crippen LogP contribution in [-0.4, -0.2) is 33.2 Å². The summed E-state index contributed by atoms with van der Waals surface area (Å²) in [6, 6.07) is 7.16. The molecule has 0 unspecified atom stereocenters. The van der Waals surface area contributed by atoms with E-state index in [0.29, 0.717) is 12.8 Å². The van der Waals surface area contributed by atoms with Gasteiger partial charge in [0.05, 0.1) is 15.1 Å². The van der Waals surface area contributed by atoms with E-state index in [0.717, 1.165) is 31.4 Å². The van der Waals surface area contributed by atoms with Crippen LogP contribution >= 0.6 is 0 Å². The standard InChI is InChI=1S/C18H21N2O7S2/c1-13(21)27-14-7-9-16(10-8-14)28(23,24)17-11-12-18(20(22)19-17)29(25,26)15-5-3-2-4-6-15/h7-12,15H,2-6H2,1H3,(H,19,22)/q+1. The van der Waals surface area contributed by atoms with Gasteiger partial charge in [0.15, 0.2) is 9.57 Å². The van der Waals surface area contributed by atoms with Crippen molar-refractivity contribution in [3.8, 4) is 5.75 Å². The van der Waals surface area contributed by atoms with Gasteiger partial charge in [0, 0.05) is 13.0 Å². The van der Waals surface area contributed by atoms with Crippen molar-refractivity contribution >= 4 is 25.6 Å². The van der Waals surface area contributed by atoms with E-state index in [1.807, 2.05) is 0 Å². The summed E-state index contributed by atoms with van der Waals surface area (Å²) in [5.41, 5.74) is 0. The Hall–Kier alpha value is -2.53. The Labute approximate surface area is 168 Å². The molecule has 0 atom stereocenters. The van der Waals surface area contributed by atoms with E-state index in [9.17, 15) is 26.5 Å². The van der Waals surface area contributed by atoms with Gasteiger partial charge in [0.1, 0.15) is 5.75 Å². The lowest BCUT2D eigenvalue weighted by Gasteiger charge is -2.18. The van der Waals surface area contributed by atoms with Crippen LogP contribution < -0.4 is 9.28 Å². The minimum Gasteiger partial charge on any atom is -0.427 e. The molecule has 1 aliphatic rings. The maximum atomic E-state index is 12.7. The van der Waals surface area contributed by atoms with E-state index < -0.39 is 40.9 Å². The van der Waals surface area contributed by atoms with Gasteiger partial charge in [-0.2, -0.15) is 0 Å². The number of hydrogen-bond acceptors (Lipinski definition) is 7. The number of rotatable bonds is 5. The van der Waals surface area contributed by atoms with Crippen LogP contribution in [0.5, 0.6) is 5.75 Å². The topological polar surface area (TPSA) is 133 Å². The number of ether oxygens (including phenoxy) is 1. The molecule has 1 aromatic carbocycles. The average Bonchev–Trinajstić information content (AvgIpc) is 2.68. The normalized spacial score (nSPS) is 15.8. The second kappa shape index (κ2) is 8.07. The molecule has 11 heteroatoms. The first-order valence-corrected chi connectivity index (χ1v) is 12.1. The van der Waals surface area contributed by atoms with Crippen molar-refractivity contribution in [2.24, 2.45) is 0 Å². The van der Waals surface area contributed by atoms with Crippen LogP contribution in [0.15, 0.2) is 51.3 Å². The summed E-state index contributed by atoms with van der Waals surface area (Å²) in [5.74, 6) is -0.371. The molecule has 1 N–H and O–H groups in total. The predicted molar refractivity (Wildman–Crippen MR) is 101 cm³/mol. The molecule has 1 heterocycles. The zero-order valence-electron chi connectivity index (χ0n) is 15.7. The van der Waals surface area contributed by atoms with Gasteiger partial charge < -0.3 is 4.74 Å². The SMILES string of the molecule is CC(=O)Oc1ccc(S(=O)(=O)c2ccc(S(=O)(=O)C3CCCCC3)[n+](=O)[nH]2)cc1. The van der Waals surface area contributed by atoms with Gasteiger partial charge in [-0.1, -0.05) is 19.3 Å². The number of carbonyl (C=O) groups excluding carboxylic acids is 1. The quantitative estimate of drug-likeness (QED) is 0.425. The Bertz CT molecular complexity index is 1180. The molecule has 2 aromatic rings. The van der Waals surface area contributed by atoms with Gasteiger partial charge in [0.25, 0.3) is 0 Å². The van der Waals surface area contributed by atoms with Gasteiger partial charge >= 0.3 is 11.0 Å². The van der Waals surface area contributed by atoms with Crippen LogP contribution in [0.4, 0.5) is 0 Å². The highest BCUT2D eigenvalue weighted by Crippen LogP contribution is 2.27. The van der Waals surface area contributed by atoms with E-state index in [4.69, 9.17) is 4.74 Å². The van der Waals surface area contributed by atoms with Gasteiger partial charge in [-0.15, -0.1) is 5.10 Å². The first kappa shape index (κ1) is 21.2. The molecule has 0 radical (unpaired) electrons. The van der Waals surface area contributed by atoms with Crippen molar-refractivity contribution in [1.29, 1.82) is 0 Å². The number of esters is 1. The number of nitrogens with one attached hydrogen (secondary N) is 1. The molecular formula is C18H21N2O7S2+. The van der Waals surface area contributed by atoms with Crippen molar-refractivity contribution in [2.75, 3.05) is 0 Å². The minimum atomic E-state index is -4.11. The van der Waals surface area contributed by atoms with Crippen molar-refractivity contribution in [3.05, 3.63) is 41.3 Å². The summed E-state index contributed by atoms with van der Waals surface area (Å²) in [6.45, 7) is 1.22. The number of nitrogens with zero attached hydrogens (tertiary/aromatic N) is 1. The van der Waals surface area contributed by atoms with Crippen molar-refractivity contribution < 1.29 is 30.9 Å². The maximum absolute atomic E-state index is 12.7. The van der Waals surface area contributed by atoms with Crippen LogP contribution in [0, 0.1) is 4.91 Å². The molecule has 0 aliphatic heterocycles. The molecule has 3 rings (SSSR count). The summed E-state index contributed by atoms with van der Waals surface area (Å²) < 4.78 is 55.8. The fourth-order valence-electron chi connectivity index (χ4n) is 3.29. The van der Waals surface area contributed by atoms with E-state index in [1.54, 1.807) is 0 Å². The molecule has 1 fully saturated rings. The largest absolute Gasteiger partial charge is 0.427 e. The van der Waals surface area contributed by atoms with Crippen molar-refractivity contribution in [2.45, 2.75) is 59.2 Å². The highest BCUT2D eigenvalue weighted by atomic mass is 32.2. The smallest absolute Gasteiger partial charge is 0.382 e.